The Morgan fingerprint density at radius 2 is 1.26 bits per heavy atom. The van der Waals surface area contributed by atoms with Crippen molar-refractivity contribution in [2.45, 2.75) is 48.5 Å². The standard InChI is InChI=1S/C10H14.C7H12N2/c1-7-5-8(2)10(4)9(3)6-7;1-5-6(2)8-9(4)7(5)3/h5-6H,1-4H3;1-4H3. The van der Waals surface area contributed by atoms with Gasteiger partial charge in [-0.25, -0.2) is 0 Å². The van der Waals surface area contributed by atoms with Crippen LogP contribution in [0.1, 0.15) is 39.2 Å². The number of aromatic nitrogens is 2. The van der Waals surface area contributed by atoms with E-state index in [1.807, 2.05) is 18.7 Å². The van der Waals surface area contributed by atoms with Crippen LogP contribution in [0.5, 0.6) is 0 Å². The number of hydrogen-bond acceptors (Lipinski definition) is 1. The van der Waals surface area contributed by atoms with Gasteiger partial charge in [-0.2, -0.15) is 5.10 Å². The first-order valence-corrected chi connectivity index (χ1v) is 6.75. The molecule has 0 amide bonds. The molecule has 0 saturated heterocycles. The van der Waals surface area contributed by atoms with Crippen LogP contribution in [-0.2, 0) is 7.05 Å². The molecule has 2 aromatic rings. The zero-order valence-electron chi connectivity index (χ0n) is 13.5. The van der Waals surface area contributed by atoms with Gasteiger partial charge in [0, 0.05) is 12.7 Å². The highest BCUT2D eigenvalue weighted by atomic mass is 15.3. The van der Waals surface area contributed by atoms with Gasteiger partial charge in [0.25, 0.3) is 0 Å². The highest BCUT2D eigenvalue weighted by Crippen LogP contribution is 2.14. The molecule has 0 atom stereocenters. The summed E-state index contributed by atoms with van der Waals surface area (Å²) >= 11 is 0. The van der Waals surface area contributed by atoms with Crippen molar-refractivity contribution in [3.8, 4) is 0 Å². The molecule has 0 spiro atoms. The summed E-state index contributed by atoms with van der Waals surface area (Å²) in [5, 5.41) is 4.23. The molecular formula is C17H26N2. The van der Waals surface area contributed by atoms with Gasteiger partial charge in [0.05, 0.1) is 5.69 Å². The fourth-order valence-corrected chi connectivity index (χ4v) is 2.13. The third-order valence-corrected chi connectivity index (χ3v) is 3.94. The molecule has 0 fully saturated rings. The van der Waals surface area contributed by atoms with Crippen molar-refractivity contribution in [3.63, 3.8) is 0 Å². The number of benzene rings is 1. The van der Waals surface area contributed by atoms with Gasteiger partial charge in [0.1, 0.15) is 0 Å². The van der Waals surface area contributed by atoms with E-state index in [1.165, 1.54) is 33.5 Å². The van der Waals surface area contributed by atoms with Crippen molar-refractivity contribution in [2.75, 3.05) is 0 Å². The fraction of sp³-hybridized carbons (Fsp3) is 0.471. The molecule has 2 nitrogen and oxygen atoms in total. The van der Waals surface area contributed by atoms with Crippen molar-refractivity contribution in [1.82, 2.24) is 9.78 Å². The monoisotopic (exact) mass is 258 g/mol. The van der Waals surface area contributed by atoms with Crippen LogP contribution in [0.15, 0.2) is 12.1 Å². The van der Waals surface area contributed by atoms with Crippen LogP contribution < -0.4 is 0 Å². The summed E-state index contributed by atoms with van der Waals surface area (Å²) in [5.74, 6) is 0. The maximum atomic E-state index is 4.23. The summed E-state index contributed by atoms with van der Waals surface area (Å²) in [4.78, 5) is 0. The van der Waals surface area contributed by atoms with Crippen LogP contribution in [-0.4, -0.2) is 9.78 Å². The normalized spacial score (nSPS) is 10.1. The number of nitrogens with zero attached hydrogens (tertiary/aromatic N) is 2. The Bertz CT molecular complexity index is 532. The molecule has 0 radical (unpaired) electrons. The predicted molar refractivity (Wildman–Crippen MR) is 82.8 cm³/mol. The van der Waals surface area contributed by atoms with Gasteiger partial charge in [-0.05, 0) is 70.7 Å². The molecule has 1 aromatic heterocycles. The van der Waals surface area contributed by atoms with Gasteiger partial charge in [0.15, 0.2) is 0 Å². The Kier molecular flexibility index (Phi) is 4.93. The highest BCUT2D eigenvalue weighted by Gasteiger charge is 2.01. The van der Waals surface area contributed by atoms with E-state index in [2.05, 4.69) is 58.8 Å². The van der Waals surface area contributed by atoms with Crippen molar-refractivity contribution in [1.29, 1.82) is 0 Å². The van der Waals surface area contributed by atoms with Gasteiger partial charge >= 0.3 is 0 Å². The number of aryl methyl sites for hydroxylation is 5. The molecule has 2 rings (SSSR count). The van der Waals surface area contributed by atoms with Gasteiger partial charge in [-0.3, -0.25) is 4.68 Å². The summed E-state index contributed by atoms with van der Waals surface area (Å²) in [5.41, 5.74) is 9.28. The van der Waals surface area contributed by atoms with Gasteiger partial charge in [-0.1, -0.05) is 17.7 Å². The molecule has 1 heterocycles. The van der Waals surface area contributed by atoms with E-state index in [-0.39, 0.29) is 0 Å². The molecule has 0 bridgehead atoms. The summed E-state index contributed by atoms with van der Waals surface area (Å²) in [6.45, 7) is 14.8. The van der Waals surface area contributed by atoms with Crippen molar-refractivity contribution >= 4 is 0 Å². The first-order valence-electron chi connectivity index (χ1n) is 6.75. The molecular weight excluding hydrogens is 232 g/mol. The van der Waals surface area contributed by atoms with E-state index in [0.717, 1.165) is 5.69 Å². The Morgan fingerprint density at radius 3 is 1.53 bits per heavy atom. The van der Waals surface area contributed by atoms with Crippen LogP contribution in [0.3, 0.4) is 0 Å². The lowest BCUT2D eigenvalue weighted by atomic mass is 10.0. The summed E-state index contributed by atoms with van der Waals surface area (Å²) in [6, 6.07) is 4.45. The van der Waals surface area contributed by atoms with Crippen molar-refractivity contribution in [3.05, 3.63) is 51.3 Å². The molecule has 19 heavy (non-hydrogen) atoms. The maximum Gasteiger partial charge on any atom is 0.0625 e. The Morgan fingerprint density at radius 1 is 0.789 bits per heavy atom. The van der Waals surface area contributed by atoms with E-state index in [0.29, 0.717) is 0 Å². The smallest absolute Gasteiger partial charge is 0.0625 e. The molecule has 0 N–H and O–H groups in total. The van der Waals surface area contributed by atoms with Crippen LogP contribution in [0.2, 0.25) is 0 Å². The SMILES string of the molecule is Cc1cc(C)c(C)c(C)c1.Cc1nn(C)c(C)c1C. The minimum absolute atomic E-state index is 1.13. The van der Waals surface area contributed by atoms with Gasteiger partial charge in [-0.15, -0.1) is 0 Å². The quantitative estimate of drug-likeness (QED) is 0.690. The number of hydrogen-bond donors (Lipinski definition) is 0. The molecule has 0 saturated carbocycles. The minimum atomic E-state index is 1.13. The van der Waals surface area contributed by atoms with Gasteiger partial charge in [0.2, 0.25) is 0 Å². The lowest BCUT2D eigenvalue weighted by Crippen LogP contribution is -1.92. The third-order valence-electron chi connectivity index (χ3n) is 3.94. The summed E-state index contributed by atoms with van der Waals surface area (Å²) in [6.07, 6.45) is 0. The Balaban J connectivity index is 0.000000191. The first-order chi connectivity index (χ1) is 8.73. The third kappa shape index (κ3) is 3.69. The largest absolute Gasteiger partial charge is 0.272 e. The maximum absolute atomic E-state index is 4.23. The van der Waals surface area contributed by atoms with Crippen LogP contribution >= 0.6 is 0 Å². The molecule has 1 aromatic carbocycles. The molecule has 0 aliphatic heterocycles. The van der Waals surface area contributed by atoms with E-state index in [9.17, 15) is 0 Å². The van der Waals surface area contributed by atoms with E-state index < -0.39 is 0 Å². The topological polar surface area (TPSA) is 17.8 Å². The molecule has 2 heteroatoms. The van der Waals surface area contributed by atoms with Crippen molar-refractivity contribution < 1.29 is 0 Å². The molecule has 0 unspecified atom stereocenters. The molecule has 0 aliphatic rings. The average molecular weight is 258 g/mol. The van der Waals surface area contributed by atoms with E-state index in [4.69, 9.17) is 0 Å². The van der Waals surface area contributed by atoms with Crippen LogP contribution in [0.25, 0.3) is 0 Å². The summed E-state index contributed by atoms with van der Waals surface area (Å²) in [7, 11) is 1.97. The second kappa shape index (κ2) is 6.05. The zero-order chi connectivity index (χ0) is 14.7. The second-order valence-electron chi connectivity index (χ2n) is 5.44. The Labute approximate surface area is 117 Å². The van der Waals surface area contributed by atoms with E-state index >= 15 is 0 Å². The van der Waals surface area contributed by atoms with Crippen LogP contribution in [0, 0.1) is 48.5 Å². The molecule has 104 valence electrons. The summed E-state index contributed by atoms with van der Waals surface area (Å²) < 4.78 is 1.91. The lowest BCUT2D eigenvalue weighted by molar-refractivity contribution is 0.730. The predicted octanol–water partition coefficient (Wildman–Crippen LogP) is 4.27. The number of rotatable bonds is 0. The second-order valence-corrected chi connectivity index (χ2v) is 5.44. The molecule has 0 aliphatic carbocycles. The average Bonchev–Trinajstić information content (AvgIpc) is 2.54. The van der Waals surface area contributed by atoms with Crippen molar-refractivity contribution in [2.24, 2.45) is 7.05 Å². The lowest BCUT2D eigenvalue weighted by Gasteiger charge is -2.04. The van der Waals surface area contributed by atoms with Gasteiger partial charge < -0.3 is 0 Å². The fourth-order valence-electron chi connectivity index (χ4n) is 2.13. The highest BCUT2D eigenvalue weighted by molar-refractivity contribution is 5.36. The Hall–Kier alpha value is -1.57. The minimum Gasteiger partial charge on any atom is -0.272 e. The van der Waals surface area contributed by atoms with E-state index in [1.54, 1.807) is 0 Å². The first kappa shape index (κ1) is 15.5. The zero-order valence-corrected chi connectivity index (χ0v) is 13.5. The van der Waals surface area contributed by atoms with Crippen LogP contribution in [0.4, 0.5) is 0 Å².